The van der Waals surface area contributed by atoms with Crippen molar-refractivity contribution in [2.45, 2.75) is 27.0 Å². The van der Waals surface area contributed by atoms with E-state index in [9.17, 15) is 0 Å². The number of aryl methyl sites for hydroxylation is 2. The van der Waals surface area contributed by atoms with Crippen LogP contribution >= 0.6 is 0 Å². The van der Waals surface area contributed by atoms with Crippen molar-refractivity contribution in [3.05, 3.63) is 47.2 Å². The Labute approximate surface area is 107 Å². The number of nitrogens with one attached hydrogen (secondary N) is 1. The fourth-order valence-corrected chi connectivity index (χ4v) is 1.65. The van der Waals surface area contributed by atoms with E-state index in [4.69, 9.17) is 9.15 Å². The quantitative estimate of drug-likeness (QED) is 0.881. The van der Waals surface area contributed by atoms with Crippen LogP contribution in [0.5, 0.6) is 5.75 Å². The standard InChI is InChI=1S/C14H18N2O2/c1-10-11(2)18-14(16-10)9-17-13-6-4-12(5-7-13)8-15-3/h4-7,15H,8-9H2,1-3H3. The molecule has 1 aromatic heterocycles. The summed E-state index contributed by atoms with van der Waals surface area (Å²) in [4.78, 5) is 4.27. The smallest absolute Gasteiger partial charge is 0.232 e. The van der Waals surface area contributed by atoms with Crippen molar-refractivity contribution >= 4 is 0 Å². The topological polar surface area (TPSA) is 47.3 Å². The second-order valence-corrected chi connectivity index (χ2v) is 4.21. The van der Waals surface area contributed by atoms with E-state index >= 15 is 0 Å². The van der Waals surface area contributed by atoms with Crippen molar-refractivity contribution in [1.29, 1.82) is 0 Å². The lowest BCUT2D eigenvalue weighted by Gasteiger charge is -2.05. The van der Waals surface area contributed by atoms with Gasteiger partial charge >= 0.3 is 0 Å². The minimum absolute atomic E-state index is 0.361. The van der Waals surface area contributed by atoms with Gasteiger partial charge in [-0.05, 0) is 38.6 Å². The van der Waals surface area contributed by atoms with E-state index in [2.05, 4.69) is 10.3 Å². The summed E-state index contributed by atoms with van der Waals surface area (Å²) >= 11 is 0. The Morgan fingerprint density at radius 3 is 2.50 bits per heavy atom. The van der Waals surface area contributed by atoms with Gasteiger partial charge in [0.1, 0.15) is 11.5 Å². The zero-order chi connectivity index (χ0) is 13.0. The number of nitrogens with zero attached hydrogens (tertiary/aromatic N) is 1. The van der Waals surface area contributed by atoms with Crippen LogP contribution in [0, 0.1) is 13.8 Å². The predicted octanol–water partition coefficient (Wildman–Crippen LogP) is 2.59. The van der Waals surface area contributed by atoms with E-state index < -0.39 is 0 Å². The number of hydrogen-bond donors (Lipinski definition) is 1. The van der Waals surface area contributed by atoms with Crippen molar-refractivity contribution in [2.75, 3.05) is 7.05 Å². The molecular weight excluding hydrogens is 228 g/mol. The monoisotopic (exact) mass is 246 g/mol. The fourth-order valence-electron chi connectivity index (χ4n) is 1.65. The molecule has 1 aromatic carbocycles. The first-order chi connectivity index (χ1) is 8.69. The summed E-state index contributed by atoms with van der Waals surface area (Å²) in [5.41, 5.74) is 2.14. The molecule has 0 fully saturated rings. The van der Waals surface area contributed by atoms with Gasteiger partial charge in [-0.1, -0.05) is 12.1 Å². The lowest BCUT2D eigenvalue weighted by molar-refractivity contribution is 0.260. The fraction of sp³-hybridized carbons (Fsp3) is 0.357. The summed E-state index contributed by atoms with van der Waals surface area (Å²) in [6.07, 6.45) is 0. The molecule has 0 spiro atoms. The summed E-state index contributed by atoms with van der Waals surface area (Å²) in [5, 5.41) is 3.10. The van der Waals surface area contributed by atoms with Gasteiger partial charge in [-0.3, -0.25) is 0 Å². The first-order valence-corrected chi connectivity index (χ1v) is 5.98. The average Bonchev–Trinajstić information content (AvgIpc) is 2.68. The molecule has 0 saturated carbocycles. The summed E-state index contributed by atoms with van der Waals surface area (Å²) < 4.78 is 11.1. The summed E-state index contributed by atoms with van der Waals surface area (Å²) in [7, 11) is 1.93. The third-order valence-corrected chi connectivity index (χ3v) is 2.74. The third-order valence-electron chi connectivity index (χ3n) is 2.74. The zero-order valence-corrected chi connectivity index (χ0v) is 11.0. The molecule has 0 aliphatic carbocycles. The minimum Gasteiger partial charge on any atom is -0.484 e. The molecule has 0 bridgehead atoms. The first-order valence-electron chi connectivity index (χ1n) is 5.98. The van der Waals surface area contributed by atoms with Gasteiger partial charge in [-0.15, -0.1) is 0 Å². The molecule has 0 unspecified atom stereocenters. The minimum atomic E-state index is 0.361. The van der Waals surface area contributed by atoms with Crippen molar-refractivity contribution in [2.24, 2.45) is 0 Å². The Morgan fingerprint density at radius 2 is 1.94 bits per heavy atom. The SMILES string of the molecule is CNCc1ccc(OCc2nc(C)c(C)o2)cc1. The largest absolute Gasteiger partial charge is 0.484 e. The van der Waals surface area contributed by atoms with E-state index in [0.717, 1.165) is 23.7 Å². The lowest BCUT2D eigenvalue weighted by Crippen LogP contribution is -2.04. The Kier molecular flexibility index (Phi) is 3.99. The van der Waals surface area contributed by atoms with Gasteiger partial charge < -0.3 is 14.5 Å². The van der Waals surface area contributed by atoms with Gasteiger partial charge in [0.25, 0.3) is 0 Å². The van der Waals surface area contributed by atoms with E-state index in [1.165, 1.54) is 5.56 Å². The van der Waals surface area contributed by atoms with E-state index in [1.54, 1.807) is 0 Å². The van der Waals surface area contributed by atoms with E-state index in [-0.39, 0.29) is 0 Å². The van der Waals surface area contributed by atoms with Crippen LogP contribution in [0.4, 0.5) is 0 Å². The molecule has 0 amide bonds. The van der Waals surface area contributed by atoms with Gasteiger partial charge in [0.15, 0.2) is 6.61 Å². The normalized spacial score (nSPS) is 10.6. The van der Waals surface area contributed by atoms with Crippen LogP contribution in [0.15, 0.2) is 28.7 Å². The average molecular weight is 246 g/mol. The van der Waals surface area contributed by atoms with Crippen molar-refractivity contribution in [3.8, 4) is 5.75 Å². The Balaban J connectivity index is 1.93. The molecule has 0 saturated heterocycles. The zero-order valence-electron chi connectivity index (χ0n) is 11.0. The predicted molar refractivity (Wildman–Crippen MR) is 69.5 cm³/mol. The Hall–Kier alpha value is -1.81. The Morgan fingerprint density at radius 1 is 1.22 bits per heavy atom. The van der Waals surface area contributed by atoms with E-state index in [0.29, 0.717) is 12.5 Å². The number of benzene rings is 1. The van der Waals surface area contributed by atoms with Crippen LogP contribution in [-0.2, 0) is 13.2 Å². The highest BCUT2D eigenvalue weighted by molar-refractivity contribution is 5.27. The second-order valence-electron chi connectivity index (χ2n) is 4.21. The Bertz CT molecular complexity index is 484. The van der Waals surface area contributed by atoms with Crippen molar-refractivity contribution in [1.82, 2.24) is 10.3 Å². The first kappa shape index (κ1) is 12.6. The van der Waals surface area contributed by atoms with Crippen LogP contribution in [0.3, 0.4) is 0 Å². The molecule has 4 nitrogen and oxygen atoms in total. The maximum atomic E-state index is 5.62. The molecule has 18 heavy (non-hydrogen) atoms. The maximum absolute atomic E-state index is 5.62. The molecule has 0 aliphatic rings. The molecule has 0 atom stereocenters. The highest BCUT2D eigenvalue weighted by atomic mass is 16.5. The van der Waals surface area contributed by atoms with Gasteiger partial charge in [0.05, 0.1) is 5.69 Å². The number of hydrogen-bond acceptors (Lipinski definition) is 4. The van der Waals surface area contributed by atoms with Crippen LogP contribution < -0.4 is 10.1 Å². The molecule has 0 radical (unpaired) electrons. The third kappa shape index (κ3) is 3.11. The highest BCUT2D eigenvalue weighted by Crippen LogP contribution is 2.15. The summed E-state index contributed by atoms with van der Waals surface area (Å²) in [6, 6.07) is 7.99. The molecule has 1 heterocycles. The highest BCUT2D eigenvalue weighted by Gasteiger charge is 2.05. The van der Waals surface area contributed by atoms with Gasteiger partial charge in [-0.25, -0.2) is 4.98 Å². The maximum Gasteiger partial charge on any atom is 0.232 e. The molecule has 0 aliphatic heterocycles. The molecular formula is C14H18N2O2. The number of oxazole rings is 1. The van der Waals surface area contributed by atoms with Gasteiger partial charge in [-0.2, -0.15) is 0 Å². The molecule has 2 aromatic rings. The van der Waals surface area contributed by atoms with Crippen LogP contribution in [0.1, 0.15) is 22.9 Å². The lowest BCUT2D eigenvalue weighted by atomic mass is 10.2. The van der Waals surface area contributed by atoms with Gasteiger partial charge in [0.2, 0.25) is 5.89 Å². The van der Waals surface area contributed by atoms with Crippen molar-refractivity contribution in [3.63, 3.8) is 0 Å². The number of ether oxygens (including phenoxy) is 1. The van der Waals surface area contributed by atoms with E-state index in [1.807, 2.05) is 45.2 Å². The summed E-state index contributed by atoms with van der Waals surface area (Å²) in [6.45, 7) is 5.05. The summed E-state index contributed by atoms with van der Waals surface area (Å²) in [5.74, 6) is 2.28. The molecule has 2 rings (SSSR count). The number of rotatable bonds is 5. The second kappa shape index (κ2) is 5.69. The van der Waals surface area contributed by atoms with Crippen LogP contribution in [0.2, 0.25) is 0 Å². The van der Waals surface area contributed by atoms with Crippen LogP contribution in [0.25, 0.3) is 0 Å². The number of aromatic nitrogens is 1. The molecule has 4 heteroatoms. The van der Waals surface area contributed by atoms with Crippen LogP contribution in [-0.4, -0.2) is 12.0 Å². The molecule has 96 valence electrons. The molecule has 1 N–H and O–H groups in total. The van der Waals surface area contributed by atoms with Gasteiger partial charge in [0, 0.05) is 6.54 Å². The van der Waals surface area contributed by atoms with Crippen molar-refractivity contribution < 1.29 is 9.15 Å².